The molecular weight excluding hydrogens is 272 g/mol. The van der Waals surface area contributed by atoms with Crippen LogP contribution in [0.4, 0.5) is 0 Å². The molecule has 7 heteroatoms. The molecule has 0 fully saturated rings. The Kier molecular flexibility index (Phi) is 5.77. The molecule has 0 atom stereocenters. The number of hydrogen-bond donors (Lipinski definition) is 2. The standard InChI is InChI=1S/C11H18N2O3S2/c1-2-3-4-7-13-10(14)8-9-5-6-11(17-9)18(12,15)16/h5-6H,2-4,7-8H2,1H3,(H,13,14)(H2,12,15,16). The summed E-state index contributed by atoms with van der Waals surface area (Å²) in [7, 11) is -3.66. The van der Waals surface area contributed by atoms with Crippen LogP contribution in [-0.2, 0) is 21.2 Å². The van der Waals surface area contributed by atoms with Gasteiger partial charge in [0.1, 0.15) is 4.21 Å². The van der Waals surface area contributed by atoms with Gasteiger partial charge in [-0.05, 0) is 18.6 Å². The number of thiophene rings is 1. The Balaban J connectivity index is 2.43. The molecule has 0 aliphatic rings. The Bertz CT molecular complexity index is 494. The molecule has 1 aromatic rings. The molecule has 0 saturated heterocycles. The quantitative estimate of drug-likeness (QED) is 0.740. The third-order valence-electron chi connectivity index (χ3n) is 2.35. The maximum Gasteiger partial charge on any atom is 0.247 e. The fraction of sp³-hybridized carbons (Fsp3) is 0.545. The van der Waals surface area contributed by atoms with Crippen LogP contribution in [0.1, 0.15) is 31.1 Å². The van der Waals surface area contributed by atoms with E-state index in [1.165, 1.54) is 6.07 Å². The van der Waals surface area contributed by atoms with E-state index in [9.17, 15) is 13.2 Å². The molecule has 18 heavy (non-hydrogen) atoms. The van der Waals surface area contributed by atoms with Gasteiger partial charge in [0.15, 0.2) is 0 Å². The van der Waals surface area contributed by atoms with Gasteiger partial charge in [-0.1, -0.05) is 19.8 Å². The lowest BCUT2D eigenvalue weighted by Crippen LogP contribution is -2.25. The second kappa shape index (κ2) is 6.86. The van der Waals surface area contributed by atoms with Crippen molar-refractivity contribution in [2.45, 2.75) is 36.8 Å². The summed E-state index contributed by atoms with van der Waals surface area (Å²) in [6.07, 6.45) is 3.37. The Morgan fingerprint density at radius 2 is 2.11 bits per heavy atom. The zero-order chi connectivity index (χ0) is 13.6. The van der Waals surface area contributed by atoms with Crippen molar-refractivity contribution in [3.05, 3.63) is 17.0 Å². The second-order valence-electron chi connectivity index (χ2n) is 4.00. The number of carbonyl (C=O) groups is 1. The van der Waals surface area contributed by atoms with Crippen LogP contribution in [0.3, 0.4) is 0 Å². The Labute approximate surface area is 111 Å². The molecule has 0 spiro atoms. The summed E-state index contributed by atoms with van der Waals surface area (Å²) in [5.41, 5.74) is 0. The highest BCUT2D eigenvalue weighted by atomic mass is 32.2. The fourth-order valence-corrected chi connectivity index (χ4v) is 3.21. The first kappa shape index (κ1) is 15.1. The SMILES string of the molecule is CCCCCNC(=O)Cc1ccc(S(N)(=O)=O)s1. The maximum absolute atomic E-state index is 11.5. The number of unbranched alkanes of at least 4 members (excludes halogenated alkanes) is 2. The average molecular weight is 290 g/mol. The maximum atomic E-state index is 11.5. The minimum absolute atomic E-state index is 0.0890. The number of carbonyl (C=O) groups excluding carboxylic acids is 1. The number of nitrogens with two attached hydrogens (primary N) is 1. The summed E-state index contributed by atoms with van der Waals surface area (Å²) >= 11 is 1.04. The van der Waals surface area contributed by atoms with Gasteiger partial charge in [0, 0.05) is 11.4 Å². The van der Waals surface area contributed by atoms with Crippen LogP contribution in [0.2, 0.25) is 0 Å². The molecule has 0 aliphatic heterocycles. The van der Waals surface area contributed by atoms with Crippen LogP contribution in [0.5, 0.6) is 0 Å². The summed E-state index contributed by atoms with van der Waals surface area (Å²) in [4.78, 5) is 12.3. The van der Waals surface area contributed by atoms with Gasteiger partial charge < -0.3 is 5.32 Å². The van der Waals surface area contributed by atoms with E-state index in [1.807, 2.05) is 0 Å². The number of rotatable bonds is 7. The van der Waals surface area contributed by atoms with Gasteiger partial charge in [-0.3, -0.25) is 4.79 Å². The van der Waals surface area contributed by atoms with Crippen molar-refractivity contribution in [3.63, 3.8) is 0 Å². The number of amides is 1. The molecule has 0 saturated carbocycles. The van der Waals surface area contributed by atoms with Crippen molar-refractivity contribution in [2.75, 3.05) is 6.54 Å². The minimum atomic E-state index is -3.66. The van der Waals surface area contributed by atoms with Crippen LogP contribution in [-0.4, -0.2) is 20.9 Å². The number of sulfonamides is 1. The lowest BCUT2D eigenvalue weighted by atomic mass is 10.2. The van der Waals surface area contributed by atoms with Gasteiger partial charge in [-0.2, -0.15) is 0 Å². The van der Waals surface area contributed by atoms with Gasteiger partial charge in [0.25, 0.3) is 0 Å². The second-order valence-corrected chi connectivity index (χ2v) is 6.96. The molecule has 3 N–H and O–H groups in total. The van der Waals surface area contributed by atoms with Crippen LogP contribution in [0.15, 0.2) is 16.3 Å². The third-order valence-corrected chi connectivity index (χ3v) is 4.88. The van der Waals surface area contributed by atoms with Gasteiger partial charge in [-0.15, -0.1) is 11.3 Å². The minimum Gasteiger partial charge on any atom is -0.356 e. The van der Waals surface area contributed by atoms with Crippen LogP contribution in [0, 0.1) is 0 Å². The summed E-state index contributed by atoms with van der Waals surface area (Å²) in [6.45, 7) is 2.77. The lowest BCUT2D eigenvalue weighted by molar-refractivity contribution is -0.120. The Morgan fingerprint density at radius 1 is 1.39 bits per heavy atom. The van der Waals surface area contributed by atoms with E-state index >= 15 is 0 Å². The third kappa shape index (κ3) is 5.16. The number of primary sulfonamides is 1. The van der Waals surface area contributed by atoms with E-state index < -0.39 is 10.0 Å². The summed E-state index contributed by atoms with van der Waals surface area (Å²) in [5.74, 6) is -0.0890. The van der Waals surface area contributed by atoms with Crippen molar-refractivity contribution in [1.29, 1.82) is 0 Å². The van der Waals surface area contributed by atoms with E-state index in [1.54, 1.807) is 6.07 Å². The smallest absolute Gasteiger partial charge is 0.247 e. The first-order valence-corrected chi connectivity index (χ1v) is 8.18. The largest absolute Gasteiger partial charge is 0.356 e. The predicted octanol–water partition coefficient (Wildman–Crippen LogP) is 1.24. The molecule has 0 unspecified atom stereocenters. The summed E-state index contributed by atoms with van der Waals surface area (Å²) in [5, 5.41) is 7.80. The average Bonchev–Trinajstić information content (AvgIpc) is 2.72. The number of hydrogen-bond acceptors (Lipinski definition) is 4. The van der Waals surface area contributed by atoms with Gasteiger partial charge in [0.05, 0.1) is 6.42 Å². The molecular formula is C11H18N2O3S2. The van der Waals surface area contributed by atoms with E-state index in [-0.39, 0.29) is 16.5 Å². The molecule has 5 nitrogen and oxygen atoms in total. The van der Waals surface area contributed by atoms with Crippen molar-refractivity contribution in [2.24, 2.45) is 5.14 Å². The highest BCUT2D eigenvalue weighted by Crippen LogP contribution is 2.20. The summed E-state index contributed by atoms with van der Waals surface area (Å²) < 4.78 is 22.2. The zero-order valence-electron chi connectivity index (χ0n) is 10.3. The predicted molar refractivity (Wildman–Crippen MR) is 71.9 cm³/mol. The molecule has 0 aliphatic carbocycles. The van der Waals surface area contributed by atoms with Crippen LogP contribution in [0.25, 0.3) is 0 Å². The van der Waals surface area contributed by atoms with Crippen molar-refractivity contribution in [3.8, 4) is 0 Å². The highest BCUT2D eigenvalue weighted by Gasteiger charge is 2.12. The van der Waals surface area contributed by atoms with E-state index in [2.05, 4.69) is 12.2 Å². The molecule has 1 amide bonds. The van der Waals surface area contributed by atoms with Gasteiger partial charge >= 0.3 is 0 Å². The van der Waals surface area contributed by atoms with Crippen molar-refractivity contribution < 1.29 is 13.2 Å². The topological polar surface area (TPSA) is 89.3 Å². The normalized spacial score (nSPS) is 11.4. The van der Waals surface area contributed by atoms with E-state index in [0.717, 1.165) is 30.6 Å². The first-order chi connectivity index (χ1) is 8.43. The Hall–Kier alpha value is -0.920. The molecule has 1 aromatic heterocycles. The van der Waals surface area contributed by atoms with Crippen molar-refractivity contribution in [1.82, 2.24) is 5.32 Å². The van der Waals surface area contributed by atoms with E-state index in [0.29, 0.717) is 11.4 Å². The van der Waals surface area contributed by atoms with Crippen molar-refractivity contribution >= 4 is 27.3 Å². The number of nitrogens with one attached hydrogen (secondary N) is 1. The summed E-state index contributed by atoms with van der Waals surface area (Å²) in [6, 6.07) is 3.05. The lowest BCUT2D eigenvalue weighted by Gasteiger charge is -2.02. The van der Waals surface area contributed by atoms with Gasteiger partial charge in [0.2, 0.25) is 15.9 Å². The monoisotopic (exact) mass is 290 g/mol. The fourth-order valence-electron chi connectivity index (χ4n) is 1.43. The van der Waals surface area contributed by atoms with Crippen LogP contribution < -0.4 is 10.5 Å². The van der Waals surface area contributed by atoms with Crippen LogP contribution >= 0.6 is 11.3 Å². The highest BCUT2D eigenvalue weighted by molar-refractivity contribution is 7.91. The zero-order valence-corrected chi connectivity index (χ0v) is 11.9. The molecule has 1 heterocycles. The van der Waals surface area contributed by atoms with Gasteiger partial charge in [-0.25, -0.2) is 13.6 Å². The molecule has 0 radical (unpaired) electrons. The molecule has 0 aromatic carbocycles. The molecule has 102 valence electrons. The first-order valence-electron chi connectivity index (χ1n) is 5.81. The molecule has 0 bridgehead atoms. The Morgan fingerprint density at radius 3 is 2.67 bits per heavy atom. The van der Waals surface area contributed by atoms with E-state index in [4.69, 9.17) is 5.14 Å². The molecule has 1 rings (SSSR count).